The molecule has 0 atom stereocenters. The standard InChI is InChI=1S/C27H20FNO3/c1-30-27-14-19(8-12-26(27)31-17-18-6-9-20(28)10-7-18)16-29-21-11-13-25-23(15-21)22-4-2-3-5-24(22)32-25/h2-16H,17H2,1H3. The summed E-state index contributed by atoms with van der Waals surface area (Å²) in [4.78, 5) is 4.62. The van der Waals surface area contributed by atoms with E-state index < -0.39 is 0 Å². The highest BCUT2D eigenvalue weighted by molar-refractivity contribution is 6.06. The number of halogens is 1. The molecule has 0 unspecified atom stereocenters. The van der Waals surface area contributed by atoms with Crippen LogP contribution in [0.1, 0.15) is 11.1 Å². The average Bonchev–Trinajstić information content (AvgIpc) is 3.20. The largest absolute Gasteiger partial charge is 0.493 e. The van der Waals surface area contributed by atoms with Crippen molar-refractivity contribution in [3.8, 4) is 11.5 Å². The number of hydrogen-bond acceptors (Lipinski definition) is 4. The van der Waals surface area contributed by atoms with Crippen molar-refractivity contribution in [1.82, 2.24) is 0 Å². The summed E-state index contributed by atoms with van der Waals surface area (Å²) in [6, 6.07) is 25.7. The van der Waals surface area contributed by atoms with E-state index in [1.54, 1.807) is 25.5 Å². The van der Waals surface area contributed by atoms with Crippen molar-refractivity contribution >= 4 is 33.8 Å². The lowest BCUT2D eigenvalue weighted by Gasteiger charge is -2.11. The van der Waals surface area contributed by atoms with Crippen LogP contribution in [0.3, 0.4) is 0 Å². The van der Waals surface area contributed by atoms with E-state index in [9.17, 15) is 4.39 Å². The Balaban J connectivity index is 1.35. The predicted octanol–water partition coefficient (Wildman–Crippen LogP) is 7.06. The van der Waals surface area contributed by atoms with Crippen molar-refractivity contribution in [2.24, 2.45) is 4.99 Å². The first-order valence-electron chi connectivity index (χ1n) is 10.2. The quantitative estimate of drug-likeness (QED) is 0.274. The van der Waals surface area contributed by atoms with Gasteiger partial charge in [0.25, 0.3) is 0 Å². The lowest BCUT2D eigenvalue weighted by Crippen LogP contribution is -1.98. The van der Waals surface area contributed by atoms with Gasteiger partial charge in [0.15, 0.2) is 11.5 Å². The smallest absolute Gasteiger partial charge is 0.161 e. The Morgan fingerprint density at radius 2 is 1.66 bits per heavy atom. The summed E-state index contributed by atoms with van der Waals surface area (Å²) in [7, 11) is 1.60. The highest BCUT2D eigenvalue weighted by Gasteiger charge is 2.08. The number of ether oxygens (including phenoxy) is 2. The predicted molar refractivity (Wildman–Crippen MR) is 125 cm³/mol. The van der Waals surface area contributed by atoms with Crippen LogP contribution < -0.4 is 9.47 Å². The van der Waals surface area contributed by atoms with Gasteiger partial charge in [0, 0.05) is 17.0 Å². The van der Waals surface area contributed by atoms with Crippen molar-refractivity contribution in [3.05, 3.63) is 102 Å². The molecule has 5 heteroatoms. The molecule has 4 nitrogen and oxygen atoms in total. The van der Waals surface area contributed by atoms with Gasteiger partial charge in [-0.05, 0) is 65.7 Å². The Hall–Kier alpha value is -4.12. The third-order valence-electron chi connectivity index (χ3n) is 5.22. The average molecular weight is 425 g/mol. The fourth-order valence-electron chi connectivity index (χ4n) is 3.57. The van der Waals surface area contributed by atoms with E-state index in [1.165, 1.54) is 12.1 Å². The van der Waals surface area contributed by atoms with E-state index in [4.69, 9.17) is 13.9 Å². The Morgan fingerprint density at radius 1 is 0.844 bits per heavy atom. The molecule has 0 saturated heterocycles. The minimum Gasteiger partial charge on any atom is -0.493 e. The maximum atomic E-state index is 13.1. The van der Waals surface area contributed by atoms with Gasteiger partial charge < -0.3 is 13.9 Å². The zero-order chi connectivity index (χ0) is 21.9. The highest BCUT2D eigenvalue weighted by atomic mass is 19.1. The van der Waals surface area contributed by atoms with Gasteiger partial charge >= 0.3 is 0 Å². The fourth-order valence-corrected chi connectivity index (χ4v) is 3.57. The summed E-state index contributed by atoms with van der Waals surface area (Å²) in [5.41, 5.74) is 4.30. The topological polar surface area (TPSA) is 44.0 Å². The van der Waals surface area contributed by atoms with Gasteiger partial charge in [-0.15, -0.1) is 0 Å². The lowest BCUT2D eigenvalue weighted by molar-refractivity contribution is 0.284. The van der Waals surface area contributed by atoms with Crippen LogP contribution in [0.5, 0.6) is 11.5 Å². The number of rotatable bonds is 6. The van der Waals surface area contributed by atoms with E-state index in [0.717, 1.165) is 38.8 Å². The minimum absolute atomic E-state index is 0.268. The molecule has 0 spiro atoms. The van der Waals surface area contributed by atoms with Crippen LogP contribution in [0.25, 0.3) is 21.9 Å². The number of para-hydroxylation sites is 1. The first kappa shape index (κ1) is 19.8. The van der Waals surface area contributed by atoms with Gasteiger partial charge in [0.2, 0.25) is 0 Å². The van der Waals surface area contributed by atoms with Crippen molar-refractivity contribution in [3.63, 3.8) is 0 Å². The Kier molecular flexibility index (Phi) is 5.30. The molecule has 4 aromatic carbocycles. The molecule has 0 bridgehead atoms. The number of methoxy groups -OCH3 is 1. The summed E-state index contributed by atoms with van der Waals surface area (Å²) in [6.07, 6.45) is 1.79. The van der Waals surface area contributed by atoms with Crippen molar-refractivity contribution < 1.29 is 18.3 Å². The molecule has 158 valence electrons. The third kappa shape index (κ3) is 4.05. The summed E-state index contributed by atoms with van der Waals surface area (Å²) < 4.78 is 30.3. The molecule has 0 fully saturated rings. The molecule has 0 aliphatic heterocycles. The Labute approximate surface area is 184 Å². The molecule has 1 aromatic heterocycles. The molecular weight excluding hydrogens is 405 g/mol. The van der Waals surface area contributed by atoms with E-state index in [-0.39, 0.29) is 5.82 Å². The maximum Gasteiger partial charge on any atom is 0.161 e. The van der Waals surface area contributed by atoms with E-state index in [0.29, 0.717) is 18.1 Å². The molecular formula is C27H20FNO3. The second kappa shape index (κ2) is 8.55. The first-order valence-corrected chi connectivity index (χ1v) is 10.2. The van der Waals surface area contributed by atoms with Gasteiger partial charge in [-0.25, -0.2) is 4.39 Å². The summed E-state index contributed by atoms with van der Waals surface area (Å²) >= 11 is 0. The molecule has 0 aliphatic rings. The van der Waals surface area contributed by atoms with Crippen molar-refractivity contribution in [2.45, 2.75) is 6.61 Å². The minimum atomic E-state index is -0.268. The van der Waals surface area contributed by atoms with Crippen LogP contribution in [-0.2, 0) is 6.61 Å². The number of nitrogens with zero attached hydrogens (tertiary/aromatic N) is 1. The SMILES string of the molecule is COc1cc(C=Nc2ccc3oc4ccccc4c3c2)ccc1OCc1ccc(F)cc1. The van der Waals surface area contributed by atoms with E-state index in [2.05, 4.69) is 4.99 Å². The normalized spacial score (nSPS) is 11.4. The number of aliphatic imine (C=N–C) groups is 1. The fraction of sp³-hybridized carbons (Fsp3) is 0.0741. The number of furan rings is 1. The molecule has 5 aromatic rings. The van der Waals surface area contributed by atoms with Gasteiger partial charge in [0.05, 0.1) is 12.8 Å². The summed E-state index contributed by atoms with van der Waals surface area (Å²) in [5, 5.41) is 2.11. The van der Waals surface area contributed by atoms with Gasteiger partial charge in [0.1, 0.15) is 23.6 Å². The van der Waals surface area contributed by atoms with Crippen LogP contribution in [0.4, 0.5) is 10.1 Å². The van der Waals surface area contributed by atoms with E-state index >= 15 is 0 Å². The zero-order valence-corrected chi connectivity index (χ0v) is 17.4. The molecule has 32 heavy (non-hydrogen) atoms. The van der Waals surface area contributed by atoms with Crippen LogP contribution in [0, 0.1) is 5.82 Å². The van der Waals surface area contributed by atoms with Gasteiger partial charge in [-0.1, -0.05) is 30.3 Å². The van der Waals surface area contributed by atoms with Gasteiger partial charge in [-0.3, -0.25) is 4.99 Å². The number of fused-ring (bicyclic) bond motifs is 3. The Morgan fingerprint density at radius 3 is 2.50 bits per heavy atom. The van der Waals surface area contributed by atoms with Crippen molar-refractivity contribution in [2.75, 3.05) is 7.11 Å². The molecule has 0 saturated carbocycles. The maximum absolute atomic E-state index is 13.1. The second-order valence-corrected chi connectivity index (χ2v) is 7.36. The third-order valence-corrected chi connectivity index (χ3v) is 5.22. The molecule has 5 rings (SSSR count). The number of hydrogen-bond donors (Lipinski definition) is 0. The molecule has 0 aliphatic carbocycles. The lowest BCUT2D eigenvalue weighted by atomic mass is 10.1. The zero-order valence-electron chi connectivity index (χ0n) is 17.4. The monoisotopic (exact) mass is 425 g/mol. The Bertz CT molecular complexity index is 1420. The second-order valence-electron chi connectivity index (χ2n) is 7.36. The van der Waals surface area contributed by atoms with E-state index in [1.807, 2.05) is 60.7 Å². The van der Waals surface area contributed by atoms with Crippen LogP contribution in [0.15, 0.2) is 94.3 Å². The van der Waals surface area contributed by atoms with Crippen LogP contribution in [0.2, 0.25) is 0 Å². The van der Waals surface area contributed by atoms with Gasteiger partial charge in [-0.2, -0.15) is 0 Å². The molecule has 1 heterocycles. The number of benzene rings is 4. The summed E-state index contributed by atoms with van der Waals surface area (Å²) in [6.45, 7) is 0.322. The van der Waals surface area contributed by atoms with Crippen LogP contribution >= 0.6 is 0 Å². The highest BCUT2D eigenvalue weighted by Crippen LogP contribution is 2.32. The molecule has 0 amide bonds. The molecule has 0 radical (unpaired) electrons. The van der Waals surface area contributed by atoms with Crippen LogP contribution in [-0.4, -0.2) is 13.3 Å². The van der Waals surface area contributed by atoms with Crippen molar-refractivity contribution in [1.29, 1.82) is 0 Å². The first-order chi connectivity index (χ1) is 15.7. The summed E-state index contributed by atoms with van der Waals surface area (Å²) in [5.74, 6) is 0.947. The molecule has 0 N–H and O–H groups in total.